The number of nitrogens with zero attached hydrogens (tertiary/aromatic N) is 5. The minimum Gasteiger partial charge on any atom is -0.496 e. The third kappa shape index (κ3) is 5.67. The van der Waals surface area contributed by atoms with Gasteiger partial charge >= 0.3 is 0 Å². The van der Waals surface area contributed by atoms with Crippen LogP contribution in [0, 0.1) is 17.0 Å². The number of aryl methyl sites for hydroxylation is 1. The lowest BCUT2D eigenvalue weighted by molar-refractivity contribution is -0.385. The summed E-state index contributed by atoms with van der Waals surface area (Å²) in [6.45, 7) is 6.12. The van der Waals surface area contributed by atoms with Crippen molar-refractivity contribution in [2.75, 3.05) is 7.11 Å². The molecule has 0 aliphatic rings. The quantitative estimate of drug-likeness (QED) is 0.123. The number of hydrogen-bond donors (Lipinski definition) is 0. The van der Waals surface area contributed by atoms with Crippen LogP contribution in [0.1, 0.15) is 36.5 Å². The highest BCUT2D eigenvalue weighted by atomic mass is 16.6. The summed E-state index contributed by atoms with van der Waals surface area (Å²) >= 11 is 0. The SMILES string of the molecule is COc1cc(C)c(-c2nc3ccccc3c(=O)n2N=Cc2ccc(Oc3ccc([N+](=O)[O-])cn3)cc2)cc1C(C)C. The van der Waals surface area contributed by atoms with Crippen molar-refractivity contribution < 1.29 is 14.4 Å². The van der Waals surface area contributed by atoms with Gasteiger partial charge in [0, 0.05) is 17.7 Å². The maximum absolute atomic E-state index is 13.6. The van der Waals surface area contributed by atoms with E-state index in [0.717, 1.165) is 28.6 Å². The molecule has 206 valence electrons. The topological polar surface area (TPSA) is 122 Å². The van der Waals surface area contributed by atoms with Crippen molar-refractivity contribution in [2.24, 2.45) is 5.10 Å². The first kappa shape index (κ1) is 27.2. The lowest BCUT2D eigenvalue weighted by atomic mass is 9.96. The molecule has 0 saturated carbocycles. The molecule has 2 heterocycles. The Morgan fingerprint density at radius 3 is 2.46 bits per heavy atom. The van der Waals surface area contributed by atoms with Crippen LogP contribution in [-0.2, 0) is 0 Å². The number of pyridine rings is 1. The van der Waals surface area contributed by atoms with Gasteiger partial charge in [0.05, 0.1) is 29.2 Å². The summed E-state index contributed by atoms with van der Waals surface area (Å²) in [7, 11) is 1.65. The molecule has 0 N–H and O–H groups in total. The van der Waals surface area contributed by atoms with Crippen molar-refractivity contribution in [3.8, 4) is 28.8 Å². The fourth-order valence-electron chi connectivity index (χ4n) is 4.38. The first-order valence-corrected chi connectivity index (χ1v) is 12.9. The highest BCUT2D eigenvalue weighted by molar-refractivity contribution is 5.82. The molecule has 0 fully saturated rings. The van der Waals surface area contributed by atoms with Crippen LogP contribution in [0.25, 0.3) is 22.3 Å². The fourth-order valence-corrected chi connectivity index (χ4v) is 4.38. The van der Waals surface area contributed by atoms with Gasteiger partial charge in [-0.2, -0.15) is 9.78 Å². The van der Waals surface area contributed by atoms with E-state index >= 15 is 0 Å². The van der Waals surface area contributed by atoms with Crippen LogP contribution in [0.5, 0.6) is 17.4 Å². The zero-order valence-electron chi connectivity index (χ0n) is 22.9. The Hall–Kier alpha value is -5.38. The number of ether oxygens (including phenoxy) is 2. The van der Waals surface area contributed by atoms with Crippen molar-refractivity contribution in [2.45, 2.75) is 26.7 Å². The van der Waals surface area contributed by atoms with Crippen LogP contribution in [0.4, 0.5) is 5.69 Å². The molecular weight excluding hydrogens is 522 g/mol. The predicted octanol–water partition coefficient (Wildman–Crippen LogP) is 6.48. The normalized spacial score (nSPS) is 11.3. The van der Waals surface area contributed by atoms with Crippen LogP contribution in [0.15, 0.2) is 88.9 Å². The number of para-hydroxylation sites is 1. The highest BCUT2D eigenvalue weighted by Gasteiger charge is 2.18. The molecule has 3 aromatic carbocycles. The van der Waals surface area contributed by atoms with Gasteiger partial charge in [-0.25, -0.2) is 9.97 Å². The van der Waals surface area contributed by atoms with Gasteiger partial charge in [-0.05, 0) is 78.1 Å². The average Bonchev–Trinajstić information content (AvgIpc) is 2.97. The van der Waals surface area contributed by atoms with Crippen molar-refractivity contribution >= 4 is 22.8 Å². The van der Waals surface area contributed by atoms with E-state index in [1.54, 1.807) is 49.7 Å². The summed E-state index contributed by atoms with van der Waals surface area (Å²) in [6, 6.07) is 20.9. The molecule has 2 aromatic heterocycles. The zero-order valence-corrected chi connectivity index (χ0v) is 22.9. The first-order chi connectivity index (χ1) is 19.7. The van der Waals surface area contributed by atoms with Crippen LogP contribution < -0.4 is 15.0 Å². The molecule has 41 heavy (non-hydrogen) atoms. The molecular formula is C31H27N5O5. The van der Waals surface area contributed by atoms with Crippen LogP contribution >= 0.6 is 0 Å². The number of fused-ring (bicyclic) bond motifs is 1. The van der Waals surface area contributed by atoms with Gasteiger partial charge in [0.1, 0.15) is 17.7 Å². The van der Waals surface area contributed by atoms with Gasteiger partial charge in [-0.1, -0.05) is 26.0 Å². The Bertz CT molecular complexity index is 1830. The van der Waals surface area contributed by atoms with E-state index in [9.17, 15) is 14.9 Å². The summed E-state index contributed by atoms with van der Waals surface area (Å²) in [6.07, 6.45) is 2.72. The molecule has 0 amide bonds. The predicted molar refractivity (Wildman–Crippen MR) is 157 cm³/mol. The van der Waals surface area contributed by atoms with Crippen LogP contribution in [0.3, 0.4) is 0 Å². The van der Waals surface area contributed by atoms with Gasteiger partial charge in [-0.15, -0.1) is 0 Å². The Kier molecular flexibility index (Phi) is 7.55. The van der Waals surface area contributed by atoms with E-state index in [1.165, 1.54) is 16.8 Å². The van der Waals surface area contributed by atoms with E-state index in [0.29, 0.717) is 28.0 Å². The molecule has 10 heteroatoms. The second-order valence-corrected chi connectivity index (χ2v) is 9.66. The summed E-state index contributed by atoms with van der Waals surface area (Å²) < 4.78 is 12.6. The lowest BCUT2D eigenvalue weighted by Crippen LogP contribution is -2.20. The Morgan fingerprint density at radius 2 is 1.80 bits per heavy atom. The van der Waals surface area contributed by atoms with Crippen molar-refractivity contribution in [3.63, 3.8) is 0 Å². The highest BCUT2D eigenvalue weighted by Crippen LogP contribution is 2.34. The standard InChI is InChI=1S/C31H27N5O5/c1-19(2)25-16-26(20(3)15-28(25)40-4)30-34-27-8-6-5-7-24(27)31(37)35(30)33-17-21-9-12-23(13-10-21)41-29-14-11-22(18-32-29)36(38)39/h5-19H,1-4H3. The molecule has 0 aliphatic heterocycles. The Morgan fingerprint density at radius 1 is 1.05 bits per heavy atom. The molecule has 0 bridgehead atoms. The van der Waals surface area contributed by atoms with E-state index in [-0.39, 0.29) is 23.0 Å². The minimum absolute atomic E-state index is 0.119. The molecule has 5 aromatic rings. The molecule has 10 nitrogen and oxygen atoms in total. The maximum Gasteiger partial charge on any atom is 0.287 e. The van der Waals surface area contributed by atoms with Gasteiger partial charge < -0.3 is 9.47 Å². The molecule has 0 spiro atoms. The lowest BCUT2D eigenvalue weighted by Gasteiger charge is -2.17. The summed E-state index contributed by atoms with van der Waals surface area (Å²) in [4.78, 5) is 32.8. The van der Waals surface area contributed by atoms with Crippen LogP contribution in [-0.4, -0.2) is 32.9 Å². The molecule has 0 atom stereocenters. The third-order valence-corrected chi connectivity index (χ3v) is 6.55. The molecule has 0 radical (unpaired) electrons. The first-order valence-electron chi connectivity index (χ1n) is 12.9. The van der Waals surface area contributed by atoms with Gasteiger partial charge in [0.2, 0.25) is 5.88 Å². The molecule has 0 saturated heterocycles. The second-order valence-electron chi connectivity index (χ2n) is 9.66. The van der Waals surface area contributed by atoms with E-state index in [1.807, 2.05) is 31.2 Å². The van der Waals surface area contributed by atoms with Gasteiger partial charge in [0.15, 0.2) is 5.82 Å². The van der Waals surface area contributed by atoms with Crippen molar-refractivity contribution in [1.29, 1.82) is 0 Å². The smallest absolute Gasteiger partial charge is 0.287 e. The molecule has 5 rings (SSSR count). The second kappa shape index (κ2) is 11.4. The largest absolute Gasteiger partial charge is 0.496 e. The van der Waals surface area contributed by atoms with E-state index in [4.69, 9.17) is 14.5 Å². The van der Waals surface area contributed by atoms with Crippen molar-refractivity contribution in [1.82, 2.24) is 14.6 Å². The zero-order chi connectivity index (χ0) is 29.1. The number of aromatic nitrogens is 3. The number of benzene rings is 3. The molecule has 0 aliphatic carbocycles. The summed E-state index contributed by atoms with van der Waals surface area (Å²) in [5, 5.41) is 15.9. The molecule has 0 unspecified atom stereocenters. The third-order valence-electron chi connectivity index (χ3n) is 6.55. The average molecular weight is 550 g/mol. The number of nitro groups is 1. The van der Waals surface area contributed by atoms with Gasteiger partial charge in [0.25, 0.3) is 11.2 Å². The minimum atomic E-state index is -0.522. The Labute approximate surface area is 235 Å². The number of rotatable bonds is 8. The van der Waals surface area contributed by atoms with E-state index < -0.39 is 4.92 Å². The van der Waals surface area contributed by atoms with Crippen LogP contribution in [0.2, 0.25) is 0 Å². The number of methoxy groups -OCH3 is 1. The summed E-state index contributed by atoms with van der Waals surface area (Å²) in [5.74, 6) is 2.12. The maximum atomic E-state index is 13.6. The monoisotopic (exact) mass is 549 g/mol. The fraction of sp³-hybridized carbons (Fsp3) is 0.161. The number of hydrogen-bond acceptors (Lipinski definition) is 8. The Balaban J connectivity index is 1.52. The summed E-state index contributed by atoms with van der Waals surface area (Å²) in [5.41, 5.74) is 3.59. The van der Waals surface area contributed by atoms with Gasteiger partial charge in [-0.3, -0.25) is 14.9 Å². The van der Waals surface area contributed by atoms with E-state index in [2.05, 4.69) is 23.9 Å². The van der Waals surface area contributed by atoms with Crippen molar-refractivity contribution in [3.05, 3.63) is 116 Å².